The summed E-state index contributed by atoms with van der Waals surface area (Å²) in [6.07, 6.45) is 4.53. The standard InChI is InChI=1S/C8H17NO/c1-2-9-6-7-10-8-4-3-5-8/h8-9H,2-7H2,1H3. The molecule has 0 radical (unpaired) electrons. The molecule has 0 aromatic rings. The Bertz CT molecular complexity index is 81.3. The molecule has 0 atom stereocenters. The van der Waals surface area contributed by atoms with Gasteiger partial charge in [0, 0.05) is 6.54 Å². The van der Waals surface area contributed by atoms with Crippen LogP contribution in [0.15, 0.2) is 0 Å². The Kier molecular flexibility index (Phi) is 3.76. The van der Waals surface area contributed by atoms with Crippen molar-refractivity contribution in [1.29, 1.82) is 0 Å². The van der Waals surface area contributed by atoms with Crippen LogP contribution in [0.3, 0.4) is 0 Å². The maximum Gasteiger partial charge on any atom is 0.0594 e. The van der Waals surface area contributed by atoms with Crippen LogP contribution in [0, 0.1) is 0 Å². The average Bonchev–Trinajstić information content (AvgIpc) is 1.84. The fraction of sp³-hybridized carbons (Fsp3) is 1.00. The molecule has 0 aromatic carbocycles. The third-order valence-corrected chi connectivity index (χ3v) is 1.93. The lowest BCUT2D eigenvalue weighted by atomic mass is 9.96. The van der Waals surface area contributed by atoms with Crippen LogP contribution in [-0.2, 0) is 4.74 Å². The Morgan fingerprint density at radius 2 is 2.30 bits per heavy atom. The largest absolute Gasteiger partial charge is 0.377 e. The number of nitrogens with one attached hydrogen (secondary N) is 1. The number of hydrogen-bond donors (Lipinski definition) is 1. The molecule has 0 amide bonds. The molecule has 0 aliphatic heterocycles. The number of hydrogen-bond acceptors (Lipinski definition) is 2. The first-order valence-corrected chi connectivity index (χ1v) is 4.26. The van der Waals surface area contributed by atoms with Crippen molar-refractivity contribution in [2.24, 2.45) is 0 Å². The fourth-order valence-electron chi connectivity index (χ4n) is 1.01. The summed E-state index contributed by atoms with van der Waals surface area (Å²) in [4.78, 5) is 0. The van der Waals surface area contributed by atoms with Crippen molar-refractivity contribution in [3.05, 3.63) is 0 Å². The van der Waals surface area contributed by atoms with Gasteiger partial charge in [-0.1, -0.05) is 6.92 Å². The molecule has 1 aliphatic carbocycles. The first kappa shape index (κ1) is 8.02. The molecule has 0 bridgehead atoms. The van der Waals surface area contributed by atoms with Crippen LogP contribution in [0.5, 0.6) is 0 Å². The Hall–Kier alpha value is -0.0800. The SMILES string of the molecule is CCNCCOC1CCC1. The molecule has 0 aromatic heterocycles. The van der Waals surface area contributed by atoms with Gasteiger partial charge < -0.3 is 10.1 Å². The average molecular weight is 143 g/mol. The molecule has 0 heterocycles. The molecule has 0 spiro atoms. The molecule has 60 valence electrons. The van der Waals surface area contributed by atoms with Gasteiger partial charge in [0.2, 0.25) is 0 Å². The van der Waals surface area contributed by atoms with Crippen LogP contribution in [0.4, 0.5) is 0 Å². The van der Waals surface area contributed by atoms with Gasteiger partial charge in [-0.25, -0.2) is 0 Å². The highest BCUT2D eigenvalue weighted by Crippen LogP contribution is 2.21. The predicted octanol–water partition coefficient (Wildman–Crippen LogP) is 1.16. The van der Waals surface area contributed by atoms with E-state index in [1.54, 1.807) is 0 Å². The molecule has 0 unspecified atom stereocenters. The van der Waals surface area contributed by atoms with Crippen molar-refractivity contribution in [3.8, 4) is 0 Å². The number of ether oxygens (including phenoxy) is 1. The Morgan fingerprint density at radius 3 is 2.80 bits per heavy atom. The molecule has 1 rings (SSSR count). The minimum atomic E-state index is 0.596. The third kappa shape index (κ3) is 2.67. The van der Waals surface area contributed by atoms with E-state index in [0.717, 1.165) is 19.7 Å². The van der Waals surface area contributed by atoms with Crippen LogP contribution in [0.2, 0.25) is 0 Å². The van der Waals surface area contributed by atoms with Gasteiger partial charge in [-0.2, -0.15) is 0 Å². The molecule has 1 fully saturated rings. The van der Waals surface area contributed by atoms with Crippen molar-refractivity contribution in [2.45, 2.75) is 32.3 Å². The highest BCUT2D eigenvalue weighted by atomic mass is 16.5. The second-order valence-corrected chi connectivity index (χ2v) is 2.78. The van der Waals surface area contributed by atoms with Crippen LogP contribution >= 0.6 is 0 Å². The molecule has 0 saturated heterocycles. The quantitative estimate of drug-likeness (QED) is 0.583. The smallest absolute Gasteiger partial charge is 0.0594 e. The summed E-state index contributed by atoms with van der Waals surface area (Å²) in [5, 5.41) is 3.23. The zero-order valence-corrected chi connectivity index (χ0v) is 6.73. The summed E-state index contributed by atoms with van der Waals surface area (Å²) in [5.41, 5.74) is 0. The van der Waals surface area contributed by atoms with E-state index in [9.17, 15) is 0 Å². The molecular formula is C8H17NO. The maximum atomic E-state index is 5.52. The van der Waals surface area contributed by atoms with Crippen LogP contribution in [0.1, 0.15) is 26.2 Å². The Balaban J connectivity index is 1.76. The summed E-state index contributed by atoms with van der Waals surface area (Å²) in [5.74, 6) is 0. The van der Waals surface area contributed by atoms with Gasteiger partial charge in [-0.3, -0.25) is 0 Å². The van der Waals surface area contributed by atoms with E-state index < -0.39 is 0 Å². The van der Waals surface area contributed by atoms with Gasteiger partial charge in [0.15, 0.2) is 0 Å². The lowest BCUT2D eigenvalue weighted by Gasteiger charge is -2.25. The molecule has 1 N–H and O–H groups in total. The third-order valence-electron chi connectivity index (χ3n) is 1.93. The molecule has 10 heavy (non-hydrogen) atoms. The van der Waals surface area contributed by atoms with Gasteiger partial charge in [-0.05, 0) is 25.8 Å². The van der Waals surface area contributed by atoms with E-state index in [1.807, 2.05) is 0 Å². The summed E-state index contributed by atoms with van der Waals surface area (Å²) < 4.78 is 5.52. The van der Waals surface area contributed by atoms with E-state index in [1.165, 1.54) is 19.3 Å². The minimum Gasteiger partial charge on any atom is -0.377 e. The molecule has 1 aliphatic rings. The zero-order chi connectivity index (χ0) is 7.23. The maximum absolute atomic E-state index is 5.52. The number of rotatable bonds is 5. The van der Waals surface area contributed by atoms with Crippen molar-refractivity contribution in [1.82, 2.24) is 5.32 Å². The summed E-state index contributed by atoms with van der Waals surface area (Å²) in [6.45, 7) is 5.06. The Morgan fingerprint density at radius 1 is 1.50 bits per heavy atom. The Labute approximate surface area is 63.0 Å². The molecule has 2 heteroatoms. The second kappa shape index (κ2) is 4.69. The van der Waals surface area contributed by atoms with Gasteiger partial charge in [0.1, 0.15) is 0 Å². The van der Waals surface area contributed by atoms with E-state index in [4.69, 9.17) is 4.74 Å². The lowest BCUT2D eigenvalue weighted by molar-refractivity contribution is 0.00444. The van der Waals surface area contributed by atoms with Crippen LogP contribution < -0.4 is 5.32 Å². The van der Waals surface area contributed by atoms with E-state index in [0.29, 0.717) is 6.10 Å². The highest BCUT2D eigenvalue weighted by Gasteiger charge is 2.16. The summed E-state index contributed by atoms with van der Waals surface area (Å²) in [6, 6.07) is 0. The zero-order valence-electron chi connectivity index (χ0n) is 6.73. The predicted molar refractivity (Wildman–Crippen MR) is 42.1 cm³/mol. The summed E-state index contributed by atoms with van der Waals surface area (Å²) >= 11 is 0. The first-order chi connectivity index (χ1) is 4.93. The lowest BCUT2D eigenvalue weighted by Crippen LogP contribution is -2.26. The van der Waals surface area contributed by atoms with Crippen molar-refractivity contribution < 1.29 is 4.74 Å². The van der Waals surface area contributed by atoms with Gasteiger partial charge in [-0.15, -0.1) is 0 Å². The molecular weight excluding hydrogens is 126 g/mol. The second-order valence-electron chi connectivity index (χ2n) is 2.78. The summed E-state index contributed by atoms with van der Waals surface area (Å²) in [7, 11) is 0. The highest BCUT2D eigenvalue weighted by molar-refractivity contribution is 4.68. The van der Waals surface area contributed by atoms with Crippen molar-refractivity contribution >= 4 is 0 Å². The number of likely N-dealkylation sites (N-methyl/N-ethyl adjacent to an activating group) is 1. The van der Waals surface area contributed by atoms with Crippen LogP contribution in [0.25, 0.3) is 0 Å². The van der Waals surface area contributed by atoms with E-state index >= 15 is 0 Å². The van der Waals surface area contributed by atoms with Crippen molar-refractivity contribution in [2.75, 3.05) is 19.7 Å². The van der Waals surface area contributed by atoms with E-state index in [2.05, 4.69) is 12.2 Å². The molecule has 2 nitrogen and oxygen atoms in total. The topological polar surface area (TPSA) is 21.3 Å². The first-order valence-electron chi connectivity index (χ1n) is 4.26. The monoisotopic (exact) mass is 143 g/mol. The van der Waals surface area contributed by atoms with Crippen molar-refractivity contribution in [3.63, 3.8) is 0 Å². The minimum absolute atomic E-state index is 0.596. The van der Waals surface area contributed by atoms with E-state index in [-0.39, 0.29) is 0 Å². The van der Waals surface area contributed by atoms with Crippen LogP contribution in [-0.4, -0.2) is 25.8 Å². The van der Waals surface area contributed by atoms with Gasteiger partial charge >= 0.3 is 0 Å². The van der Waals surface area contributed by atoms with Gasteiger partial charge in [0.25, 0.3) is 0 Å². The van der Waals surface area contributed by atoms with Gasteiger partial charge in [0.05, 0.1) is 12.7 Å². The normalized spacial score (nSPS) is 18.9. The fourth-order valence-corrected chi connectivity index (χ4v) is 1.01. The molecule has 1 saturated carbocycles.